The maximum absolute atomic E-state index is 6.08. The molecule has 0 unspecified atom stereocenters. The molecule has 108 valence electrons. The van der Waals surface area contributed by atoms with Crippen LogP contribution < -0.4 is 0 Å². The van der Waals surface area contributed by atoms with Gasteiger partial charge in [0.1, 0.15) is 5.58 Å². The average molecular weight is 288 g/mol. The Kier molecular flexibility index (Phi) is 2.76. The van der Waals surface area contributed by atoms with Crippen LogP contribution in [-0.4, -0.2) is 9.97 Å². The number of aromatic nitrogens is 2. The third-order valence-corrected chi connectivity index (χ3v) is 4.02. The standard InChI is InChI=1S/C19H16N2O/c1-11-4-9-16(20-10-11)17-12(2)5-7-14-15-8-6-13(3)21-19(15)22-18(14)17/h4-10H,1-3H3. The molecule has 1 aromatic carbocycles. The number of hydrogen-bond donors (Lipinski definition) is 0. The molecule has 3 heterocycles. The van der Waals surface area contributed by atoms with E-state index in [1.807, 2.05) is 32.2 Å². The number of benzene rings is 1. The minimum absolute atomic E-state index is 0.689. The molecule has 0 aliphatic carbocycles. The maximum atomic E-state index is 6.08. The summed E-state index contributed by atoms with van der Waals surface area (Å²) >= 11 is 0. The summed E-state index contributed by atoms with van der Waals surface area (Å²) in [5.41, 5.74) is 6.80. The lowest BCUT2D eigenvalue weighted by atomic mass is 10.0. The Hall–Kier alpha value is -2.68. The normalized spacial score (nSPS) is 11.4. The van der Waals surface area contributed by atoms with Gasteiger partial charge in [0.25, 0.3) is 0 Å². The van der Waals surface area contributed by atoms with Gasteiger partial charge in [0, 0.05) is 28.2 Å². The maximum Gasteiger partial charge on any atom is 0.227 e. The van der Waals surface area contributed by atoms with E-state index in [9.17, 15) is 0 Å². The van der Waals surface area contributed by atoms with Crippen molar-refractivity contribution in [1.29, 1.82) is 0 Å². The van der Waals surface area contributed by atoms with Crippen molar-refractivity contribution < 1.29 is 4.42 Å². The summed E-state index contributed by atoms with van der Waals surface area (Å²) in [5.74, 6) is 0. The van der Waals surface area contributed by atoms with E-state index in [0.717, 1.165) is 44.4 Å². The fraction of sp³-hybridized carbons (Fsp3) is 0.158. The fourth-order valence-corrected chi connectivity index (χ4v) is 2.85. The van der Waals surface area contributed by atoms with E-state index in [1.54, 1.807) is 0 Å². The quantitative estimate of drug-likeness (QED) is 0.496. The highest BCUT2D eigenvalue weighted by molar-refractivity contribution is 6.08. The van der Waals surface area contributed by atoms with Gasteiger partial charge in [-0.25, -0.2) is 4.98 Å². The number of aryl methyl sites for hydroxylation is 3. The van der Waals surface area contributed by atoms with Crippen molar-refractivity contribution in [2.24, 2.45) is 0 Å². The Bertz CT molecular complexity index is 997. The Morgan fingerprint density at radius 3 is 2.45 bits per heavy atom. The first-order valence-corrected chi connectivity index (χ1v) is 7.36. The Morgan fingerprint density at radius 1 is 0.864 bits per heavy atom. The summed E-state index contributed by atoms with van der Waals surface area (Å²) in [6.07, 6.45) is 1.89. The second-order valence-electron chi connectivity index (χ2n) is 5.76. The van der Waals surface area contributed by atoms with Crippen LogP contribution in [0.25, 0.3) is 33.3 Å². The lowest BCUT2D eigenvalue weighted by Crippen LogP contribution is -1.88. The summed E-state index contributed by atoms with van der Waals surface area (Å²) in [4.78, 5) is 9.07. The molecule has 22 heavy (non-hydrogen) atoms. The average Bonchev–Trinajstić information content (AvgIpc) is 2.85. The minimum atomic E-state index is 0.689. The van der Waals surface area contributed by atoms with Crippen LogP contribution in [-0.2, 0) is 0 Å². The number of nitrogens with zero attached hydrogens (tertiary/aromatic N) is 2. The molecule has 0 fully saturated rings. The molecule has 0 aliphatic rings. The molecular weight excluding hydrogens is 272 g/mol. The zero-order valence-corrected chi connectivity index (χ0v) is 12.8. The van der Waals surface area contributed by atoms with Crippen molar-refractivity contribution in [1.82, 2.24) is 9.97 Å². The monoisotopic (exact) mass is 288 g/mol. The number of hydrogen-bond acceptors (Lipinski definition) is 3. The topological polar surface area (TPSA) is 38.9 Å². The summed E-state index contributed by atoms with van der Waals surface area (Å²) in [5, 5.41) is 2.14. The van der Waals surface area contributed by atoms with E-state index >= 15 is 0 Å². The molecule has 4 aromatic rings. The second-order valence-corrected chi connectivity index (χ2v) is 5.76. The lowest BCUT2D eigenvalue weighted by Gasteiger charge is -2.06. The molecule has 0 saturated heterocycles. The molecule has 0 atom stereocenters. The molecule has 0 N–H and O–H groups in total. The van der Waals surface area contributed by atoms with E-state index in [1.165, 1.54) is 0 Å². The van der Waals surface area contributed by atoms with Crippen molar-refractivity contribution in [3.05, 3.63) is 59.4 Å². The van der Waals surface area contributed by atoms with Crippen molar-refractivity contribution in [2.75, 3.05) is 0 Å². The zero-order valence-electron chi connectivity index (χ0n) is 12.8. The molecule has 0 amide bonds. The highest BCUT2D eigenvalue weighted by atomic mass is 16.3. The third-order valence-electron chi connectivity index (χ3n) is 4.02. The van der Waals surface area contributed by atoms with Crippen molar-refractivity contribution in [3.63, 3.8) is 0 Å². The molecule has 3 heteroatoms. The first-order chi connectivity index (χ1) is 10.6. The molecule has 0 radical (unpaired) electrons. The fourth-order valence-electron chi connectivity index (χ4n) is 2.85. The highest BCUT2D eigenvalue weighted by Gasteiger charge is 2.15. The molecule has 0 saturated carbocycles. The summed E-state index contributed by atoms with van der Waals surface area (Å²) < 4.78 is 6.08. The first kappa shape index (κ1) is 13.0. The Morgan fingerprint density at radius 2 is 1.68 bits per heavy atom. The summed E-state index contributed by atoms with van der Waals surface area (Å²) in [6.45, 7) is 6.10. The van der Waals surface area contributed by atoms with Crippen LogP contribution in [0.2, 0.25) is 0 Å². The lowest BCUT2D eigenvalue weighted by molar-refractivity contribution is 0.653. The van der Waals surface area contributed by atoms with E-state index in [4.69, 9.17) is 4.42 Å². The van der Waals surface area contributed by atoms with Crippen LogP contribution >= 0.6 is 0 Å². The second kappa shape index (κ2) is 4.67. The molecule has 3 aromatic heterocycles. The van der Waals surface area contributed by atoms with E-state index in [-0.39, 0.29) is 0 Å². The Balaban J connectivity index is 2.10. The van der Waals surface area contributed by atoms with Gasteiger partial charge in [0.2, 0.25) is 5.71 Å². The molecule has 0 spiro atoms. The van der Waals surface area contributed by atoms with Gasteiger partial charge in [-0.1, -0.05) is 18.2 Å². The van der Waals surface area contributed by atoms with Crippen LogP contribution in [0, 0.1) is 20.8 Å². The third kappa shape index (κ3) is 1.90. The molecule has 4 rings (SSSR count). The van der Waals surface area contributed by atoms with Gasteiger partial charge >= 0.3 is 0 Å². The SMILES string of the molecule is Cc1ccc(-c2c(C)ccc3c2oc2nc(C)ccc23)nc1. The van der Waals surface area contributed by atoms with Gasteiger partial charge in [0.15, 0.2) is 0 Å². The largest absolute Gasteiger partial charge is 0.437 e. The van der Waals surface area contributed by atoms with Crippen LogP contribution in [0.15, 0.2) is 47.0 Å². The van der Waals surface area contributed by atoms with E-state index in [0.29, 0.717) is 5.71 Å². The number of rotatable bonds is 1. The van der Waals surface area contributed by atoms with Crippen molar-refractivity contribution >= 4 is 22.1 Å². The van der Waals surface area contributed by atoms with E-state index < -0.39 is 0 Å². The number of fused-ring (bicyclic) bond motifs is 3. The van der Waals surface area contributed by atoms with Crippen LogP contribution in [0.1, 0.15) is 16.8 Å². The molecular formula is C19H16N2O. The highest BCUT2D eigenvalue weighted by Crippen LogP contribution is 2.36. The molecule has 3 nitrogen and oxygen atoms in total. The number of furan rings is 1. The minimum Gasteiger partial charge on any atom is -0.437 e. The van der Waals surface area contributed by atoms with Crippen LogP contribution in [0.4, 0.5) is 0 Å². The van der Waals surface area contributed by atoms with Crippen LogP contribution in [0.5, 0.6) is 0 Å². The Labute approximate surface area is 128 Å². The van der Waals surface area contributed by atoms with Gasteiger partial charge in [-0.2, -0.15) is 0 Å². The summed E-state index contributed by atoms with van der Waals surface area (Å²) in [6, 6.07) is 12.4. The van der Waals surface area contributed by atoms with Crippen molar-refractivity contribution in [2.45, 2.75) is 20.8 Å². The summed E-state index contributed by atoms with van der Waals surface area (Å²) in [7, 11) is 0. The van der Waals surface area contributed by atoms with E-state index in [2.05, 4.69) is 41.2 Å². The number of pyridine rings is 2. The first-order valence-electron chi connectivity index (χ1n) is 7.36. The van der Waals surface area contributed by atoms with Gasteiger partial charge < -0.3 is 4.42 Å². The van der Waals surface area contributed by atoms with Gasteiger partial charge in [-0.05, 0) is 50.1 Å². The molecule has 0 bridgehead atoms. The predicted octanol–water partition coefficient (Wildman–Crippen LogP) is 4.97. The van der Waals surface area contributed by atoms with Crippen molar-refractivity contribution in [3.8, 4) is 11.3 Å². The smallest absolute Gasteiger partial charge is 0.227 e. The zero-order chi connectivity index (χ0) is 15.3. The van der Waals surface area contributed by atoms with Gasteiger partial charge in [-0.3, -0.25) is 4.98 Å². The van der Waals surface area contributed by atoms with Gasteiger partial charge in [-0.15, -0.1) is 0 Å². The molecule has 0 aliphatic heterocycles. The van der Waals surface area contributed by atoms with Gasteiger partial charge in [0.05, 0.1) is 5.69 Å². The predicted molar refractivity (Wildman–Crippen MR) is 89.0 cm³/mol. The van der Waals surface area contributed by atoms with Crippen LogP contribution in [0.3, 0.4) is 0 Å².